The summed E-state index contributed by atoms with van der Waals surface area (Å²) in [6, 6.07) is 10.3. The zero-order valence-corrected chi connectivity index (χ0v) is 12.9. The molecule has 0 unspecified atom stereocenters. The molecular weight excluding hydrogens is 307 g/mol. The molecule has 116 valence electrons. The summed E-state index contributed by atoms with van der Waals surface area (Å²) in [5.41, 5.74) is 1.24. The summed E-state index contributed by atoms with van der Waals surface area (Å²) >= 11 is 6.04. The van der Waals surface area contributed by atoms with Crippen molar-refractivity contribution in [3.8, 4) is 5.75 Å². The number of anilines is 2. The molecule has 6 heteroatoms. The molecule has 4 nitrogen and oxygen atoms in total. The van der Waals surface area contributed by atoms with Crippen LogP contribution in [-0.4, -0.2) is 19.1 Å². The minimum Gasteiger partial charge on any atom is -0.495 e. The van der Waals surface area contributed by atoms with Crippen molar-refractivity contribution in [2.75, 3.05) is 17.7 Å². The number of halogens is 2. The van der Waals surface area contributed by atoms with Crippen LogP contribution in [0.2, 0.25) is 5.02 Å². The maximum Gasteiger partial charge on any atom is 0.246 e. The fourth-order valence-electron chi connectivity index (χ4n) is 1.86. The van der Waals surface area contributed by atoms with E-state index < -0.39 is 6.04 Å². The molecule has 2 N–H and O–H groups in total. The van der Waals surface area contributed by atoms with Gasteiger partial charge in [0.1, 0.15) is 17.6 Å². The van der Waals surface area contributed by atoms with Crippen LogP contribution in [0.1, 0.15) is 6.92 Å². The van der Waals surface area contributed by atoms with Gasteiger partial charge in [0, 0.05) is 11.4 Å². The average Bonchev–Trinajstić information content (AvgIpc) is 2.49. The molecule has 0 spiro atoms. The second-order valence-electron chi connectivity index (χ2n) is 4.71. The lowest BCUT2D eigenvalue weighted by Gasteiger charge is -2.16. The van der Waals surface area contributed by atoms with Crippen molar-refractivity contribution in [2.45, 2.75) is 13.0 Å². The first-order chi connectivity index (χ1) is 10.5. The van der Waals surface area contributed by atoms with Crippen molar-refractivity contribution >= 4 is 28.9 Å². The molecular formula is C16H16ClFN2O2. The Balaban J connectivity index is 1.99. The highest BCUT2D eigenvalue weighted by Gasteiger charge is 2.13. The number of carbonyl (C=O) groups is 1. The topological polar surface area (TPSA) is 50.4 Å². The number of nitrogens with one attached hydrogen (secondary N) is 2. The molecule has 0 saturated carbocycles. The summed E-state index contributed by atoms with van der Waals surface area (Å²) in [6.07, 6.45) is 0. The third-order valence-corrected chi connectivity index (χ3v) is 3.34. The molecule has 0 saturated heterocycles. The van der Waals surface area contributed by atoms with E-state index in [4.69, 9.17) is 16.3 Å². The van der Waals surface area contributed by atoms with Crippen LogP contribution in [0.25, 0.3) is 0 Å². The Kier molecular flexibility index (Phi) is 5.22. The van der Waals surface area contributed by atoms with Gasteiger partial charge in [-0.25, -0.2) is 4.39 Å². The molecule has 1 atom stereocenters. The van der Waals surface area contributed by atoms with Crippen LogP contribution >= 0.6 is 11.6 Å². The summed E-state index contributed by atoms with van der Waals surface area (Å²) in [6.45, 7) is 1.72. The Morgan fingerprint density at radius 3 is 2.41 bits per heavy atom. The highest BCUT2D eigenvalue weighted by molar-refractivity contribution is 6.32. The second kappa shape index (κ2) is 7.13. The smallest absolute Gasteiger partial charge is 0.246 e. The van der Waals surface area contributed by atoms with Crippen LogP contribution in [0.5, 0.6) is 5.75 Å². The van der Waals surface area contributed by atoms with Gasteiger partial charge in [0.05, 0.1) is 12.1 Å². The second-order valence-corrected chi connectivity index (χ2v) is 5.12. The number of amides is 1. The van der Waals surface area contributed by atoms with E-state index in [9.17, 15) is 9.18 Å². The minimum absolute atomic E-state index is 0.237. The van der Waals surface area contributed by atoms with Crippen molar-refractivity contribution in [3.63, 3.8) is 0 Å². The summed E-state index contributed by atoms with van der Waals surface area (Å²) in [5.74, 6) is -0.0220. The number of hydrogen-bond donors (Lipinski definition) is 2. The molecule has 1 amide bonds. The third kappa shape index (κ3) is 4.11. The van der Waals surface area contributed by atoms with Crippen molar-refractivity contribution in [1.29, 1.82) is 0 Å². The monoisotopic (exact) mass is 322 g/mol. The summed E-state index contributed by atoms with van der Waals surface area (Å²) in [5, 5.41) is 6.20. The summed E-state index contributed by atoms with van der Waals surface area (Å²) < 4.78 is 17.9. The van der Waals surface area contributed by atoms with Crippen LogP contribution in [-0.2, 0) is 4.79 Å². The van der Waals surface area contributed by atoms with E-state index in [2.05, 4.69) is 10.6 Å². The highest BCUT2D eigenvalue weighted by Crippen LogP contribution is 2.27. The van der Waals surface area contributed by atoms with Crippen LogP contribution in [0.3, 0.4) is 0 Å². The van der Waals surface area contributed by atoms with E-state index in [1.54, 1.807) is 25.1 Å². The van der Waals surface area contributed by atoms with E-state index >= 15 is 0 Å². The van der Waals surface area contributed by atoms with E-state index in [-0.39, 0.29) is 11.7 Å². The molecule has 0 aliphatic rings. The standard InChI is InChI=1S/C16H16ClFN2O2/c1-10(16(21)20-12-5-3-11(18)4-6-12)19-13-7-8-15(22-2)14(17)9-13/h3-10,19H,1-2H3,(H,20,21)/t10-/m1/s1. The Labute approximate surface area is 133 Å². The number of methoxy groups -OCH3 is 1. The molecule has 0 fully saturated rings. The van der Waals surface area contributed by atoms with Gasteiger partial charge in [-0.1, -0.05) is 11.6 Å². The summed E-state index contributed by atoms with van der Waals surface area (Å²) in [7, 11) is 1.53. The number of rotatable bonds is 5. The lowest BCUT2D eigenvalue weighted by Crippen LogP contribution is -2.31. The van der Waals surface area contributed by atoms with Crippen LogP contribution < -0.4 is 15.4 Å². The molecule has 2 aromatic carbocycles. The quantitative estimate of drug-likeness (QED) is 0.877. The Morgan fingerprint density at radius 1 is 1.18 bits per heavy atom. The molecule has 2 rings (SSSR count). The third-order valence-electron chi connectivity index (χ3n) is 3.04. The molecule has 0 radical (unpaired) electrons. The van der Waals surface area contributed by atoms with Gasteiger partial charge < -0.3 is 15.4 Å². The normalized spacial score (nSPS) is 11.6. The zero-order valence-electron chi connectivity index (χ0n) is 12.2. The summed E-state index contributed by atoms with van der Waals surface area (Å²) in [4.78, 5) is 12.1. The highest BCUT2D eigenvalue weighted by atomic mass is 35.5. The zero-order chi connectivity index (χ0) is 16.1. The van der Waals surface area contributed by atoms with Crippen LogP contribution in [0.4, 0.5) is 15.8 Å². The lowest BCUT2D eigenvalue weighted by atomic mass is 10.2. The number of ether oxygens (including phenoxy) is 1. The lowest BCUT2D eigenvalue weighted by molar-refractivity contribution is -0.116. The Bertz CT molecular complexity index is 662. The van der Waals surface area contributed by atoms with Crippen molar-refractivity contribution in [3.05, 3.63) is 53.3 Å². The average molecular weight is 323 g/mol. The first-order valence-corrected chi connectivity index (χ1v) is 7.04. The first-order valence-electron chi connectivity index (χ1n) is 6.66. The maximum absolute atomic E-state index is 12.8. The number of hydrogen-bond acceptors (Lipinski definition) is 3. The van der Waals surface area contributed by atoms with Gasteiger partial charge in [0.15, 0.2) is 0 Å². The van der Waals surface area contributed by atoms with Gasteiger partial charge in [-0.15, -0.1) is 0 Å². The first kappa shape index (κ1) is 16.1. The van der Waals surface area contributed by atoms with Crippen molar-refractivity contribution in [1.82, 2.24) is 0 Å². The fraction of sp³-hybridized carbons (Fsp3) is 0.188. The van der Waals surface area contributed by atoms with Crippen molar-refractivity contribution in [2.24, 2.45) is 0 Å². The van der Waals surface area contributed by atoms with E-state index in [0.717, 1.165) is 0 Å². The molecule has 0 heterocycles. The molecule has 22 heavy (non-hydrogen) atoms. The van der Waals surface area contributed by atoms with Gasteiger partial charge in [-0.2, -0.15) is 0 Å². The van der Waals surface area contributed by atoms with Crippen LogP contribution in [0.15, 0.2) is 42.5 Å². The van der Waals surface area contributed by atoms with Gasteiger partial charge >= 0.3 is 0 Å². The van der Waals surface area contributed by atoms with Gasteiger partial charge in [-0.05, 0) is 49.4 Å². The van der Waals surface area contributed by atoms with Crippen LogP contribution in [0, 0.1) is 5.82 Å². The Hall–Kier alpha value is -2.27. The molecule has 0 aliphatic heterocycles. The largest absolute Gasteiger partial charge is 0.495 e. The number of carbonyl (C=O) groups excluding carboxylic acids is 1. The SMILES string of the molecule is COc1ccc(N[C@H](C)C(=O)Nc2ccc(F)cc2)cc1Cl. The molecule has 2 aromatic rings. The van der Waals surface area contributed by atoms with E-state index in [0.29, 0.717) is 22.1 Å². The van der Waals surface area contributed by atoms with Gasteiger partial charge in [0.25, 0.3) is 0 Å². The predicted molar refractivity (Wildman–Crippen MR) is 86.1 cm³/mol. The predicted octanol–water partition coefficient (Wildman–Crippen LogP) is 3.93. The molecule has 0 aliphatic carbocycles. The fourth-order valence-corrected chi connectivity index (χ4v) is 2.11. The maximum atomic E-state index is 12.8. The van der Waals surface area contributed by atoms with E-state index in [1.807, 2.05) is 0 Å². The minimum atomic E-state index is -0.491. The van der Waals surface area contributed by atoms with Gasteiger partial charge in [-0.3, -0.25) is 4.79 Å². The van der Waals surface area contributed by atoms with Gasteiger partial charge in [0.2, 0.25) is 5.91 Å². The Morgan fingerprint density at radius 2 is 1.82 bits per heavy atom. The molecule has 0 bridgehead atoms. The van der Waals surface area contributed by atoms with E-state index in [1.165, 1.54) is 31.4 Å². The molecule has 0 aromatic heterocycles. The van der Waals surface area contributed by atoms with Crippen molar-refractivity contribution < 1.29 is 13.9 Å². The number of benzene rings is 2.